The Bertz CT molecular complexity index is 94.3. The highest BCUT2D eigenvalue weighted by atomic mass is 79.9. The number of hydrogen-bond donors (Lipinski definition) is 0. The molecule has 0 aromatic carbocycles. The highest BCUT2D eigenvalue weighted by molar-refractivity contribution is 9.18. The highest BCUT2D eigenvalue weighted by Crippen LogP contribution is 1.88. The van der Waals surface area contributed by atoms with Crippen molar-refractivity contribution in [2.24, 2.45) is 4.99 Å². The molecular weight excluding hydrogens is 154 g/mol. The quantitative estimate of drug-likeness (QED) is 0.522. The van der Waals surface area contributed by atoms with Crippen LogP contribution in [0.15, 0.2) is 17.1 Å². The fourth-order valence-electron chi connectivity index (χ4n) is 0.212. The van der Waals surface area contributed by atoms with Gasteiger partial charge in [0.25, 0.3) is 0 Å². The molecule has 0 heterocycles. The van der Waals surface area contributed by atoms with Crippen molar-refractivity contribution in [2.45, 2.75) is 6.92 Å². The minimum absolute atomic E-state index is 0.884. The highest BCUT2D eigenvalue weighted by Gasteiger charge is 1.74. The van der Waals surface area contributed by atoms with E-state index in [1.165, 1.54) is 0 Å². The maximum Gasteiger partial charge on any atom is 0.0994 e. The Labute approximate surface area is 52.3 Å². The number of nitrogens with zero attached hydrogens (tertiary/aromatic N) is 1. The van der Waals surface area contributed by atoms with E-state index < -0.39 is 0 Å². The fourth-order valence-corrected chi connectivity index (χ4v) is 0.476. The van der Waals surface area contributed by atoms with E-state index in [1.807, 2.05) is 19.1 Å². The van der Waals surface area contributed by atoms with Crippen molar-refractivity contribution < 1.29 is 0 Å². The Hall–Kier alpha value is -0.110. The van der Waals surface area contributed by atoms with E-state index in [9.17, 15) is 0 Å². The molecule has 0 unspecified atom stereocenters. The summed E-state index contributed by atoms with van der Waals surface area (Å²) in [4.78, 5) is 3.82. The van der Waals surface area contributed by atoms with Crippen LogP contribution in [0.3, 0.4) is 0 Å². The summed E-state index contributed by atoms with van der Waals surface area (Å²) in [6.07, 6.45) is 3.82. The van der Waals surface area contributed by atoms with E-state index >= 15 is 0 Å². The van der Waals surface area contributed by atoms with Gasteiger partial charge in [-0.25, -0.2) is 0 Å². The fraction of sp³-hybridized carbons (Fsp3) is 0.400. The van der Waals surface area contributed by atoms with E-state index in [1.54, 1.807) is 7.05 Å². The molecule has 0 aliphatic carbocycles. The van der Waals surface area contributed by atoms with Gasteiger partial charge in [-0.05, 0) is 28.9 Å². The van der Waals surface area contributed by atoms with Crippen LogP contribution in [0, 0.1) is 0 Å². The maximum atomic E-state index is 3.82. The lowest BCUT2D eigenvalue weighted by molar-refractivity contribution is 1.47. The number of halogens is 1. The molecule has 2 heteroatoms. The van der Waals surface area contributed by atoms with Crippen LogP contribution in [0.1, 0.15) is 6.92 Å². The SMILES string of the molecule is C/C=C\C(Br)=N/C. The van der Waals surface area contributed by atoms with Crippen LogP contribution in [0.2, 0.25) is 0 Å². The molecule has 1 nitrogen and oxygen atoms in total. The molecule has 0 saturated heterocycles. The smallest absolute Gasteiger partial charge is 0.0994 e. The molecule has 0 spiro atoms. The Kier molecular flexibility index (Phi) is 4.00. The van der Waals surface area contributed by atoms with Crippen molar-refractivity contribution in [1.82, 2.24) is 0 Å². The van der Waals surface area contributed by atoms with Crippen LogP contribution in [0.5, 0.6) is 0 Å². The van der Waals surface area contributed by atoms with Crippen LogP contribution < -0.4 is 0 Å². The molecule has 0 aromatic heterocycles. The molecule has 0 radical (unpaired) electrons. The predicted octanol–water partition coefficient (Wildman–Crippen LogP) is 1.99. The van der Waals surface area contributed by atoms with E-state index in [2.05, 4.69) is 20.9 Å². The zero-order valence-electron chi connectivity index (χ0n) is 4.48. The Morgan fingerprint density at radius 1 is 1.71 bits per heavy atom. The summed E-state index contributed by atoms with van der Waals surface area (Å²) < 4.78 is 0.884. The van der Waals surface area contributed by atoms with Gasteiger partial charge in [-0.1, -0.05) is 6.08 Å². The van der Waals surface area contributed by atoms with Gasteiger partial charge in [-0.15, -0.1) is 0 Å². The first-order valence-corrected chi connectivity index (χ1v) is 2.85. The van der Waals surface area contributed by atoms with Gasteiger partial charge in [-0.3, -0.25) is 4.99 Å². The first-order valence-electron chi connectivity index (χ1n) is 2.06. The normalized spacial score (nSPS) is 13.3. The van der Waals surface area contributed by atoms with Gasteiger partial charge in [0.2, 0.25) is 0 Å². The van der Waals surface area contributed by atoms with Crippen molar-refractivity contribution in [3.05, 3.63) is 12.2 Å². The Morgan fingerprint density at radius 3 is 2.43 bits per heavy atom. The van der Waals surface area contributed by atoms with Gasteiger partial charge >= 0.3 is 0 Å². The molecule has 0 N–H and O–H groups in total. The molecule has 0 aliphatic rings. The van der Waals surface area contributed by atoms with Crippen molar-refractivity contribution >= 4 is 20.6 Å². The lowest BCUT2D eigenvalue weighted by Gasteiger charge is -1.78. The van der Waals surface area contributed by atoms with Gasteiger partial charge in [0.15, 0.2) is 0 Å². The summed E-state index contributed by atoms with van der Waals surface area (Å²) in [5.74, 6) is 0. The van der Waals surface area contributed by atoms with Crippen LogP contribution in [-0.2, 0) is 0 Å². The summed E-state index contributed by atoms with van der Waals surface area (Å²) in [7, 11) is 1.74. The second-order valence-electron chi connectivity index (χ2n) is 1.05. The number of rotatable bonds is 1. The van der Waals surface area contributed by atoms with Crippen molar-refractivity contribution in [3.63, 3.8) is 0 Å². The predicted molar refractivity (Wildman–Crippen MR) is 37.1 cm³/mol. The summed E-state index contributed by atoms with van der Waals surface area (Å²) in [5, 5.41) is 0. The van der Waals surface area contributed by atoms with E-state index in [0.717, 1.165) is 4.62 Å². The Morgan fingerprint density at radius 2 is 2.29 bits per heavy atom. The van der Waals surface area contributed by atoms with Crippen LogP contribution >= 0.6 is 15.9 Å². The number of hydrogen-bond acceptors (Lipinski definition) is 1. The number of aliphatic imine (C=N–C) groups is 1. The van der Waals surface area contributed by atoms with E-state index in [0.29, 0.717) is 0 Å². The zero-order chi connectivity index (χ0) is 5.70. The minimum atomic E-state index is 0.884. The topological polar surface area (TPSA) is 12.4 Å². The summed E-state index contributed by atoms with van der Waals surface area (Å²) >= 11 is 3.20. The van der Waals surface area contributed by atoms with Crippen LogP contribution in [0.25, 0.3) is 0 Å². The first-order chi connectivity index (χ1) is 3.31. The van der Waals surface area contributed by atoms with E-state index in [-0.39, 0.29) is 0 Å². The standard InChI is InChI=1S/C5H8BrN/c1-3-4-5(6)7-2/h3-4H,1-2H3/b4-3-,7-5+. The summed E-state index contributed by atoms with van der Waals surface area (Å²) in [5.41, 5.74) is 0. The van der Waals surface area contributed by atoms with Crippen molar-refractivity contribution in [3.8, 4) is 0 Å². The molecule has 0 aromatic rings. The molecule has 0 bridgehead atoms. The van der Waals surface area contributed by atoms with Crippen LogP contribution in [-0.4, -0.2) is 11.7 Å². The van der Waals surface area contributed by atoms with Gasteiger partial charge in [-0.2, -0.15) is 0 Å². The summed E-state index contributed by atoms with van der Waals surface area (Å²) in [6.45, 7) is 1.95. The second-order valence-corrected chi connectivity index (χ2v) is 1.86. The lowest BCUT2D eigenvalue weighted by Crippen LogP contribution is -1.73. The third-order valence-electron chi connectivity index (χ3n) is 0.518. The largest absolute Gasteiger partial charge is 0.281 e. The van der Waals surface area contributed by atoms with Gasteiger partial charge in [0.05, 0.1) is 4.62 Å². The molecule has 0 amide bonds. The van der Waals surface area contributed by atoms with Gasteiger partial charge < -0.3 is 0 Å². The lowest BCUT2D eigenvalue weighted by atomic mass is 10.6. The molecule has 0 aliphatic heterocycles. The average molecular weight is 162 g/mol. The van der Waals surface area contributed by atoms with E-state index in [4.69, 9.17) is 0 Å². The molecule has 7 heavy (non-hydrogen) atoms. The average Bonchev–Trinajstić information content (AvgIpc) is 1.68. The molecule has 40 valence electrons. The first kappa shape index (κ1) is 6.89. The maximum absolute atomic E-state index is 3.82. The zero-order valence-corrected chi connectivity index (χ0v) is 6.07. The third kappa shape index (κ3) is 3.73. The Balaban J connectivity index is 3.58. The van der Waals surface area contributed by atoms with Crippen LogP contribution in [0.4, 0.5) is 0 Å². The monoisotopic (exact) mass is 161 g/mol. The third-order valence-corrected chi connectivity index (χ3v) is 1.14. The second kappa shape index (κ2) is 4.06. The van der Waals surface area contributed by atoms with Crippen molar-refractivity contribution in [1.29, 1.82) is 0 Å². The van der Waals surface area contributed by atoms with Crippen molar-refractivity contribution in [2.75, 3.05) is 7.05 Å². The molecule has 0 fully saturated rings. The summed E-state index contributed by atoms with van der Waals surface area (Å²) in [6, 6.07) is 0. The molecule has 0 atom stereocenters. The van der Waals surface area contributed by atoms with Gasteiger partial charge in [0, 0.05) is 7.05 Å². The minimum Gasteiger partial charge on any atom is -0.281 e. The molecule has 0 saturated carbocycles. The number of allylic oxidation sites excluding steroid dienone is 2. The van der Waals surface area contributed by atoms with Gasteiger partial charge in [0.1, 0.15) is 0 Å². The molecule has 0 rings (SSSR count). The molecular formula is C5H8BrN.